The summed E-state index contributed by atoms with van der Waals surface area (Å²) < 4.78 is 10.1. The SMILES string of the molecule is C#CC1COCCO1. The van der Waals surface area contributed by atoms with E-state index >= 15 is 0 Å². The van der Waals surface area contributed by atoms with Crippen LogP contribution in [0.3, 0.4) is 0 Å². The lowest BCUT2D eigenvalue weighted by Gasteiger charge is -2.17. The molecule has 1 heterocycles. The minimum Gasteiger partial charge on any atom is -0.375 e. The average Bonchev–Trinajstić information content (AvgIpc) is 1.90. The van der Waals surface area contributed by atoms with Crippen LogP contribution in [-0.2, 0) is 9.47 Å². The zero-order valence-corrected chi connectivity index (χ0v) is 4.59. The molecule has 1 aliphatic heterocycles. The Morgan fingerprint density at radius 3 is 2.75 bits per heavy atom. The maximum atomic E-state index is 5.07. The number of hydrogen-bond donors (Lipinski definition) is 0. The molecule has 0 bridgehead atoms. The maximum absolute atomic E-state index is 5.07. The van der Waals surface area contributed by atoms with Gasteiger partial charge in [-0.1, -0.05) is 5.92 Å². The van der Waals surface area contributed by atoms with Crippen molar-refractivity contribution in [3.05, 3.63) is 0 Å². The van der Waals surface area contributed by atoms with Gasteiger partial charge < -0.3 is 9.47 Å². The molecule has 44 valence electrons. The number of hydrogen-bond acceptors (Lipinski definition) is 2. The Balaban J connectivity index is 2.25. The third-order valence-corrected chi connectivity index (χ3v) is 1.00. The second-order valence-corrected chi connectivity index (χ2v) is 1.60. The molecule has 0 spiro atoms. The average molecular weight is 112 g/mol. The van der Waals surface area contributed by atoms with E-state index in [2.05, 4.69) is 5.92 Å². The van der Waals surface area contributed by atoms with Crippen molar-refractivity contribution < 1.29 is 9.47 Å². The summed E-state index contributed by atoms with van der Waals surface area (Å²) in [6.45, 7) is 1.86. The van der Waals surface area contributed by atoms with Crippen molar-refractivity contribution in [2.75, 3.05) is 19.8 Å². The van der Waals surface area contributed by atoms with Crippen LogP contribution in [0.5, 0.6) is 0 Å². The van der Waals surface area contributed by atoms with E-state index < -0.39 is 0 Å². The van der Waals surface area contributed by atoms with Gasteiger partial charge in [-0.05, 0) is 0 Å². The van der Waals surface area contributed by atoms with Gasteiger partial charge in [0.15, 0.2) is 0 Å². The topological polar surface area (TPSA) is 18.5 Å². The van der Waals surface area contributed by atoms with E-state index in [-0.39, 0.29) is 6.10 Å². The Labute approximate surface area is 48.8 Å². The summed E-state index contributed by atoms with van der Waals surface area (Å²) in [5.41, 5.74) is 0. The van der Waals surface area contributed by atoms with Crippen LogP contribution in [0.4, 0.5) is 0 Å². The molecule has 0 aromatic heterocycles. The Morgan fingerprint density at radius 1 is 1.50 bits per heavy atom. The Hall–Kier alpha value is -0.520. The van der Waals surface area contributed by atoms with E-state index in [4.69, 9.17) is 15.9 Å². The summed E-state index contributed by atoms with van der Waals surface area (Å²) in [7, 11) is 0. The second-order valence-electron chi connectivity index (χ2n) is 1.60. The Bertz CT molecular complexity index is 97.6. The first-order valence-corrected chi connectivity index (χ1v) is 2.59. The molecule has 0 radical (unpaired) electrons. The molecule has 1 atom stereocenters. The van der Waals surface area contributed by atoms with Gasteiger partial charge in [0.1, 0.15) is 6.10 Å². The molecule has 8 heavy (non-hydrogen) atoms. The standard InChI is InChI=1S/C6H8O2/c1-2-6-5-7-3-4-8-6/h1,6H,3-5H2. The van der Waals surface area contributed by atoms with Crippen molar-refractivity contribution in [2.24, 2.45) is 0 Å². The highest BCUT2D eigenvalue weighted by atomic mass is 16.6. The van der Waals surface area contributed by atoms with E-state index in [1.807, 2.05) is 0 Å². The quantitative estimate of drug-likeness (QED) is 0.412. The van der Waals surface area contributed by atoms with Gasteiger partial charge in [-0.3, -0.25) is 0 Å². The predicted molar refractivity (Wildman–Crippen MR) is 29.4 cm³/mol. The van der Waals surface area contributed by atoms with Crippen molar-refractivity contribution in [1.82, 2.24) is 0 Å². The Kier molecular flexibility index (Phi) is 1.90. The zero-order chi connectivity index (χ0) is 5.82. The number of terminal acetylenes is 1. The summed E-state index contributed by atoms with van der Waals surface area (Å²) in [5, 5.41) is 0. The van der Waals surface area contributed by atoms with Crippen molar-refractivity contribution in [1.29, 1.82) is 0 Å². The molecule has 0 saturated carbocycles. The van der Waals surface area contributed by atoms with Crippen molar-refractivity contribution in [3.8, 4) is 12.3 Å². The summed E-state index contributed by atoms with van der Waals surface area (Å²) >= 11 is 0. The summed E-state index contributed by atoms with van der Waals surface area (Å²) in [4.78, 5) is 0. The Morgan fingerprint density at radius 2 is 2.38 bits per heavy atom. The smallest absolute Gasteiger partial charge is 0.141 e. The lowest BCUT2D eigenvalue weighted by Crippen LogP contribution is -2.26. The third-order valence-electron chi connectivity index (χ3n) is 1.00. The van der Waals surface area contributed by atoms with E-state index in [1.54, 1.807) is 0 Å². The largest absolute Gasteiger partial charge is 0.375 e. The highest BCUT2D eigenvalue weighted by Gasteiger charge is 2.09. The van der Waals surface area contributed by atoms with Crippen molar-refractivity contribution in [2.45, 2.75) is 6.10 Å². The van der Waals surface area contributed by atoms with Crippen molar-refractivity contribution in [3.63, 3.8) is 0 Å². The van der Waals surface area contributed by atoms with Gasteiger partial charge in [-0.2, -0.15) is 0 Å². The third kappa shape index (κ3) is 1.22. The molecule has 1 fully saturated rings. The first-order chi connectivity index (χ1) is 3.93. The van der Waals surface area contributed by atoms with Gasteiger partial charge in [0.25, 0.3) is 0 Å². The van der Waals surface area contributed by atoms with Gasteiger partial charge in [0, 0.05) is 0 Å². The molecular formula is C6H8O2. The molecule has 1 unspecified atom stereocenters. The highest BCUT2D eigenvalue weighted by Crippen LogP contribution is 1.97. The van der Waals surface area contributed by atoms with Crippen LogP contribution in [0.25, 0.3) is 0 Å². The second kappa shape index (κ2) is 2.71. The van der Waals surface area contributed by atoms with E-state index in [0.717, 1.165) is 0 Å². The fraction of sp³-hybridized carbons (Fsp3) is 0.667. The van der Waals surface area contributed by atoms with Gasteiger partial charge in [-0.15, -0.1) is 6.42 Å². The van der Waals surface area contributed by atoms with Crippen LogP contribution in [0, 0.1) is 12.3 Å². The van der Waals surface area contributed by atoms with Crippen LogP contribution in [-0.4, -0.2) is 25.9 Å². The molecule has 1 aliphatic rings. The number of rotatable bonds is 0. The van der Waals surface area contributed by atoms with Gasteiger partial charge >= 0.3 is 0 Å². The monoisotopic (exact) mass is 112 g/mol. The van der Waals surface area contributed by atoms with Crippen LogP contribution >= 0.6 is 0 Å². The van der Waals surface area contributed by atoms with Crippen LogP contribution in [0.15, 0.2) is 0 Å². The predicted octanol–water partition coefficient (Wildman–Crippen LogP) is 0.0350. The zero-order valence-electron chi connectivity index (χ0n) is 4.59. The molecular weight excluding hydrogens is 104 g/mol. The van der Waals surface area contributed by atoms with E-state index in [1.165, 1.54) is 0 Å². The normalized spacial score (nSPS) is 29.1. The lowest BCUT2D eigenvalue weighted by atomic mass is 10.4. The maximum Gasteiger partial charge on any atom is 0.141 e. The van der Waals surface area contributed by atoms with Crippen molar-refractivity contribution >= 4 is 0 Å². The van der Waals surface area contributed by atoms with Crippen LogP contribution < -0.4 is 0 Å². The van der Waals surface area contributed by atoms with Crippen LogP contribution in [0.1, 0.15) is 0 Å². The first-order valence-electron chi connectivity index (χ1n) is 2.59. The fourth-order valence-corrected chi connectivity index (χ4v) is 0.584. The molecule has 2 heteroatoms. The van der Waals surface area contributed by atoms with E-state index in [0.29, 0.717) is 19.8 Å². The highest BCUT2D eigenvalue weighted by molar-refractivity contribution is 4.95. The van der Waals surface area contributed by atoms with Gasteiger partial charge in [0.05, 0.1) is 19.8 Å². The minimum absolute atomic E-state index is 0.108. The van der Waals surface area contributed by atoms with E-state index in [9.17, 15) is 0 Å². The summed E-state index contributed by atoms with van der Waals surface area (Å²) in [6, 6.07) is 0. The summed E-state index contributed by atoms with van der Waals surface area (Å²) in [5.74, 6) is 2.46. The molecule has 0 amide bonds. The first kappa shape index (κ1) is 5.61. The lowest BCUT2D eigenvalue weighted by molar-refractivity contribution is -0.0635. The molecule has 0 aliphatic carbocycles. The molecule has 1 rings (SSSR count). The molecule has 1 saturated heterocycles. The minimum atomic E-state index is -0.108. The molecule has 0 N–H and O–H groups in total. The van der Waals surface area contributed by atoms with Gasteiger partial charge in [0.2, 0.25) is 0 Å². The molecule has 2 nitrogen and oxygen atoms in total. The summed E-state index contributed by atoms with van der Waals surface area (Å²) in [6.07, 6.45) is 4.94. The van der Waals surface area contributed by atoms with Crippen LogP contribution in [0.2, 0.25) is 0 Å². The van der Waals surface area contributed by atoms with Gasteiger partial charge in [-0.25, -0.2) is 0 Å². The number of ether oxygens (including phenoxy) is 2. The fourth-order valence-electron chi connectivity index (χ4n) is 0.584. The molecule has 0 aromatic rings. The molecule has 0 aromatic carbocycles.